The first-order chi connectivity index (χ1) is 16.8. The molecule has 1 unspecified atom stereocenters. The summed E-state index contributed by atoms with van der Waals surface area (Å²) in [5, 5.41) is 17.5. The van der Waals surface area contributed by atoms with Gasteiger partial charge in [-0.2, -0.15) is 9.78 Å². The van der Waals surface area contributed by atoms with Gasteiger partial charge in [0.05, 0.1) is 30.6 Å². The molecule has 3 aromatic rings. The normalized spacial score (nSPS) is 12.8. The molecule has 0 spiro atoms. The fourth-order valence-corrected chi connectivity index (χ4v) is 3.38. The Morgan fingerprint density at radius 3 is 2.36 bits per heavy atom. The molecule has 0 saturated heterocycles. The topological polar surface area (TPSA) is 125 Å². The van der Waals surface area contributed by atoms with Gasteiger partial charge in [0.25, 0.3) is 0 Å². The third-order valence-electron chi connectivity index (χ3n) is 4.86. The van der Waals surface area contributed by atoms with Gasteiger partial charge in [0.1, 0.15) is 23.1 Å². The molecule has 0 fully saturated rings. The summed E-state index contributed by atoms with van der Waals surface area (Å²) in [7, 11) is 0. The number of aliphatic hydroxyl groups is 1. The van der Waals surface area contributed by atoms with Crippen molar-refractivity contribution in [2.75, 3.05) is 13.2 Å². The molecule has 0 saturated carbocycles. The van der Waals surface area contributed by atoms with E-state index in [4.69, 9.17) is 14.2 Å². The Kier molecular flexibility index (Phi) is 7.88. The molecule has 2 heterocycles. The number of amides is 1. The van der Waals surface area contributed by atoms with Crippen molar-refractivity contribution in [2.24, 2.45) is 0 Å². The van der Waals surface area contributed by atoms with E-state index in [0.29, 0.717) is 17.0 Å². The van der Waals surface area contributed by atoms with Gasteiger partial charge in [-0.05, 0) is 72.2 Å². The van der Waals surface area contributed by atoms with Crippen LogP contribution in [0, 0.1) is 6.92 Å². The first kappa shape index (κ1) is 26.9. The summed E-state index contributed by atoms with van der Waals surface area (Å²) in [4.78, 5) is 28.7. The SMILES string of the molecule is Cc1nn(C(=O)OC(C)(C)C)c2ccc(-c3cncc(OC(CO)CNC(=O)OC(C)(C)C)c3)cc12. The highest BCUT2D eigenvalue weighted by atomic mass is 16.6. The van der Waals surface area contributed by atoms with Gasteiger partial charge in [0.15, 0.2) is 0 Å². The van der Waals surface area contributed by atoms with Crippen molar-refractivity contribution in [3.05, 3.63) is 42.4 Å². The Morgan fingerprint density at radius 2 is 1.72 bits per heavy atom. The first-order valence-electron chi connectivity index (χ1n) is 11.7. The van der Waals surface area contributed by atoms with E-state index in [1.165, 1.54) is 10.9 Å². The number of benzene rings is 1. The highest BCUT2D eigenvalue weighted by Crippen LogP contribution is 2.28. The molecule has 0 aliphatic carbocycles. The Morgan fingerprint density at radius 1 is 1.03 bits per heavy atom. The minimum absolute atomic E-state index is 0.0602. The number of aryl methyl sites for hydroxylation is 1. The number of ether oxygens (including phenoxy) is 3. The maximum absolute atomic E-state index is 12.6. The number of aliphatic hydroxyl groups excluding tert-OH is 1. The Balaban J connectivity index is 1.77. The number of hydrogen-bond acceptors (Lipinski definition) is 8. The highest BCUT2D eigenvalue weighted by Gasteiger charge is 2.22. The number of carbonyl (C=O) groups excluding carboxylic acids is 2. The molecule has 194 valence electrons. The number of pyridine rings is 1. The lowest BCUT2D eigenvalue weighted by Gasteiger charge is -2.22. The molecule has 0 aliphatic heterocycles. The molecule has 1 atom stereocenters. The van der Waals surface area contributed by atoms with E-state index in [9.17, 15) is 14.7 Å². The minimum atomic E-state index is -0.689. The van der Waals surface area contributed by atoms with Gasteiger partial charge in [-0.15, -0.1) is 0 Å². The Bertz CT molecular complexity index is 1240. The molecule has 1 amide bonds. The second-order valence-corrected chi connectivity index (χ2v) is 10.4. The maximum atomic E-state index is 12.6. The smallest absolute Gasteiger partial charge is 0.435 e. The van der Waals surface area contributed by atoms with Gasteiger partial charge in [-0.25, -0.2) is 9.59 Å². The van der Waals surface area contributed by atoms with Crippen LogP contribution in [0.1, 0.15) is 47.2 Å². The van der Waals surface area contributed by atoms with Crippen LogP contribution in [-0.2, 0) is 9.47 Å². The molecule has 10 heteroatoms. The zero-order valence-electron chi connectivity index (χ0n) is 21.8. The van der Waals surface area contributed by atoms with Gasteiger partial charge in [0.2, 0.25) is 0 Å². The van der Waals surface area contributed by atoms with Crippen molar-refractivity contribution < 1.29 is 28.9 Å². The molecule has 3 rings (SSSR count). The van der Waals surface area contributed by atoms with Crippen molar-refractivity contribution in [3.63, 3.8) is 0 Å². The average molecular weight is 499 g/mol. The number of carbonyl (C=O) groups is 2. The number of rotatable bonds is 6. The summed E-state index contributed by atoms with van der Waals surface area (Å²) in [6, 6.07) is 7.38. The number of alkyl carbamates (subject to hydrolysis) is 1. The van der Waals surface area contributed by atoms with E-state index in [-0.39, 0.29) is 13.2 Å². The minimum Gasteiger partial charge on any atom is -0.485 e. The van der Waals surface area contributed by atoms with E-state index >= 15 is 0 Å². The molecule has 1 aromatic carbocycles. The van der Waals surface area contributed by atoms with Crippen LogP contribution in [0.4, 0.5) is 9.59 Å². The summed E-state index contributed by atoms with van der Waals surface area (Å²) in [5.74, 6) is 0.429. The maximum Gasteiger partial charge on any atom is 0.435 e. The molecule has 0 radical (unpaired) electrons. The standard InChI is InChI=1S/C26H34N4O6/c1-16-21-11-17(8-9-22(21)30(29-16)24(33)36-26(5,6)7)18-10-19(13-27-12-18)34-20(15-31)14-28-23(32)35-25(2,3)4/h8-13,20,31H,14-15H2,1-7H3,(H,28,32). The largest absolute Gasteiger partial charge is 0.485 e. The average Bonchev–Trinajstić information content (AvgIpc) is 3.10. The summed E-state index contributed by atoms with van der Waals surface area (Å²) in [5.41, 5.74) is 1.69. The molecule has 2 aromatic heterocycles. The van der Waals surface area contributed by atoms with Gasteiger partial charge >= 0.3 is 12.2 Å². The Hall–Kier alpha value is -3.66. The number of aromatic nitrogens is 3. The quantitative estimate of drug-likeness (QED) is 0.511. The zero-order valence-corrected chi connectivity index (χ0v) is 21.8. The van der Waals surface area contributed by atoms with Crippen LogP contribution in [0.15, 0.2) is 36.7 Å². The highest BCUT2D eigenvalue weighted by molar-refractivity contribution is 5.92. The van der Waals surface area contributed by atoms with Crippen LogP contribution in [0.3, 0.4) is 0 Å². The summed E-state index contributed by atoms with van der Waals surface area (Å²) < 4.78 is 17.8. The van der Waals surface area contributed by atoms with Crippen LogP contribution in [0.5, 0.6) is 5.75 Å². The Labute approximate surface area is 210 Å². The second kappa shape index (κ2) is 10.5. The van der Waals surface area contributed by atoms with Crippen LogP contribution in [0.25, 0.3) is 22.0 Å². The van der Waals surface area contributed by atoms with Gasteiger partial charge in [-0.1, -0.05) is 6.07 Å². The molecule has 0 aliphatic rings. The van der Waals surface area contributed by atoms with E-state index in [1.807, 2.05) is 25.1 Å². The lowest BCUT2D eigenvalue weighted by atomic mass is 10.0. The van der Waals surface area contributed by atoms with Crippen molar-refractivity contribution in [3.8, 4) is 16.9 Å². The van der Waals surface area contributed by atoms with Crippen LogP contribution in [-0.4, -0.2) is 62.5 Å². The zero-order chi connectivity index (χ0) is 26.7. The van der Waals surface area contributed by atoms with Gasteiger partial charge < -0.3 is 24.6 Å². The lowest BCUT2D eigenvalue weighted by molar-refractivity contribution is 0.0472. The van der Waals surface area contributed by atoms with Crippen LogP contribution in [0.2, 0.25) is 0 Å². The summed E-state index contributed by atoms with van der Waals surface area (Å²) >= 11 is 0. The van der Waals surface area contributed by atoms with Gasteiger partial charge in [-0.3, -0.25) is 4.98 Å². The van der Waals surface area contributed by atoms with Crippen LogP contribution < -0.4 is 10.1 Å². The van der Waals surface area contributed by atoms with E-state index in [2.05, 4.69) is 15.4 Å². The molecular weight excluding hydrogens is 464 g/mol. The van der Waals surface area contributed by atoms with E-state index in [1.54, 1.807) is 53.8 Å². The number of fused-ring (bicyclic) bond motifs is 1. The fraction of sp³-hybridized carbons (Fsp3) is 0.462. The van der Waals surface area contributed by atoms with Crippen LogP contribution >= 0.6 is 0 Å². The van der Waals surface area contributed by atoms with E-state index < -0.39 is 29.5 Å². The van der Waals surface area contributed by atoms with E-state index in [0.717, 1.165) is 16.5 Å². The first-order valence-corrected chi connectivity index (χ1v) is 11.7. The predicted octanol–water partition coefficient (Wildman–Crippen LogP) is 4.45. The fourth-order valence-electron chi connectivity index (χ4n) is 3.38. The summed E-state index contributed by atoms with van der Waals surface area (Å²) in [6.45, 7) is 12.3. The summed E-state index contributed by atoms with van der Waals surface area (Å²) in [6.07, 6.45) is 1.40. The molecule has 10 nitrogen and oxygen atoms in total. The number of hydrogen-bond donors (Lipinski definition) is 2. The van der Waals surface area contributed by atoms with Crippen molar-refractivity contribution in [2.45, 2.75) is 65.8 Å². The molecule has 36 heavy (non-hydrogen) atoms. The third-order valence-corrected chi connectivity index (χ3v) is 4.86. The number of nitrogens with zero attached hydrogens (tertiary/aromatic N) is 3. The third kappa shape index (κ3) is 7.17. The van der Waals surface area contributed by atoms with Crippen molar-refractivity contribution in [1.82, 2.24) is 20.1 Å². The number of nitrogens with one attached hydrogen (secondary N) is 1. The second-order valence-electron chi connectivity index (χ2n) is 10.4. The molecular formula is C26H34N4O6. The predicted molar refractivity (Wildman–Crippen MR) is 135 cm³/mol. The van der Waals surface area contributed by atoms with Crippen molar-refractivity contribution >= 4 is 23.1 Å². The van der Waals surface area contributed by atoms with Gasteiger partial charge in [0, 0.05) is 17.1 Å². The monoisotopic (exact) mass is 498 g/mol. The molecule has 2 N–H and O–H groups in total. The lowest BCUT2D eigenvalue weighted by Crippen LogP contribution is -2.40. The van der Waals surface area contributed by atoms with Crippen molar-refractivity contribution in [1.29, 1.82) is 0 Å². The molecule has 0 bridgehead atoms.